The van der Waals surface area contributed by atoms with Gasteiger partial charge in [0.1, 0.15) is 0 Å². The fourth-order valence-corrected chi connectivity index (χ4v) is 3.77. The third-order valence-electron chi connectivity index (χ3n) is 5.30. The minimum Gasteiger partial charge on any atom is -0.352 e. The number of rotatable bonds is 5. The fraction of sp³-hybridized carbons (Fsp3) is 0.364. The minimum atomic E-state index is 0.0375. The van der Waals surface area contributed by atoms with E-state index in [1.54, 1.807) is 4.68 Å². The molecular formula is C22H25N5O. The molecule has 0 unspecified atom stereocenters. The summed E-state index contributed by atoms with van der Waals surface area (Å²) < 4.78 is 1.74. The fourth-order valence-electron chi connectivity index (χ4n) is 3.77. The predicted octanol–water partition coefficient (Wildman–Crippen LogP) is 3.11. The number of aromatic nitrogens is 4. The normalized spacial score (nSPS) is 18.1. The molecule has 2 heterocycles. The molecule has 0 saturated heterocycles. The number of nitrogens with zero attached hydrogens (tertiary/aromatic N) is 4. The van der Waals surface area contributed by atoms with Crippen LogP contribution in [0, 0.1) is 27.7 Å². The smallest absolute Gasteiger partial charge is 0.251 e. The van der Waals surface area contributed by atoms with E-state index in [0.717, 1.165) is 34.8 Å². The van der Waals surface area contributed by atoms with E-state index in [4.69, 9.17) is 0 Å². The second kappa shape index (κ2) is 7.19. The topological polar surface area (TPSA) is 72.7 Å². The highest BCUT2D eigenvalue weighted by Gasteiger charge is 2.39. The molecule has 6 nitrogen and oxygen atoms in total. The zero-order valence-corrected chi connectivity index (χ0v) is 16.7. The molecule has 2 aromatic heterocycles. The summed E-state index contributed by atoms with van der Waals surface area (Å²) in [6, 6.07) is 12.5. The van der Waals surface area contributed by atoms with Gasteiger partial charge in [-0.3, -0.25) is 4.79 Å². The van der Waals surface area contributed by atoms with Crippen LogP contribution in [0.3, 0.4) is 0 Å². The van der Waals surface area contributed by atoms with Gasteiger partial charge in [-0.25, -0.2) is 14.6 Å². The van der Waals surface area contributed by atoms with Gasteiger partial charge in [0.25, 0.3) is 5.95 Å². The third-order valence-corrected chi connectivity index (χ3v) is 5.30. The van der Waals surface area contributed by atoms with Crippen LogP contribution < -0.4 is 5.32 Å². The molecule has 4 rings (SSSR count). The molecule has 28 heavy (non-hydrogen) atoms. The van der Waals surface area contributed by atoms with Crippen molar-refractivity contribution in [3.63, 3.8) is 0 Å². The first-order valence-electron chi connectivity index (χ1n) is 9.64. The quantitative estimate of drug-likeness (QED) is 0.744. The summed E-state index contributed by atoms with van der Waals surface area (Å²) >= 11 is 0. The van der Waals surface area contributed by atoms with Crippen LogP contribution in [0.25, 0.3) is 5.95 Å². The summed E-state index contributed by atoms with van der Waals surface area (Å²) in [4.78, 5) is 21.6. The second-order valence-corrected chi connectivity index (χ2v) is 7.62. The Kier molecular flexibility index (Phi) is 4.71. The van der Waals surface area contributed by atoms with E-state index in [9.17, 15) is 4.79 Å². The molecule has 1 N–H and O–H groups in total. The van der Waals surface area contributed by atoms with Crippen molar-refractivity contribution in [2.75, 3.05) is 0 Å². The van der Waals surface area contributed by atoms with Crippen LogP contribution in [0.15, 0.2) is 36.4 Å². The van der Waals surface area contributed by atoms with Crippen molar-refractivity contribution in [1.29, 1.82) is 0 Å². The molecular weight excluding hydrogens is 350 g/mol. The van der Waals surface area contributed by atoms with Gasteiger partial charge in [0.15, 0.2) is 0 Å². The summed E-state index contributed by atoms with van der Waals surface area (Å²) in [6.45, 7) is 7.78. The molecule has 0 bridgehead atoms. The van der Waals surface area contributed by atoms with Gasteiger partial charge < -0.3 is 5.32 Å². The number of hydrogen-bond acceptors (Lipinski definition) is 4. The van der Waals surface area contributed by atoms with Gasteiger partial charge in [0, 0.05) is 34.6 Å². The Balaban J connectivity index is 1.47. The van der Waals surface area contributed by atoms with Gasteiger partial charge >= 0.3 is 0 Å². The van der Waals surface area contributed by atoms with E-state index in [0.29, 0.717) is 18.3 Å². The lowest BCUT2D eigenvalue weighted by Gasteiger charge is -2.07. The molecule has 1 aliphatic rings. The van der Waals surface area contributed by atoms with Crippen molar-refractivity contribution in [3.8, 4) is 5.95 Å². The Hall–Kier alpha value is -3.02. The Morgan fingerprint density at radius 1 is 1.11 bits per heavy atom. The number of hydrogen-bond donors (Lipinski definition) is 1. The molecule has 1 aliphatic carbocycles. The van der Waals surface area contributed by atoms with E-state index >= 15 is 0 Å². The van der Waals surface area contributed by atoms with Crippen molar-refractivity contribution in [1.82, 2.24) is 25.1 Å². The number of carbonyl (C=O) groups excluding carboxylic acids is 1. The van der Waals surface area contributed by atoms with Gasteiger partial charge in [-0.2, -0.15) is 5.10 Å². The SMILES string of the molecule is Cc1cc(C)nc(-n2nc(C)c(CC(=O)N[C@H]3C[C@@H]3c3ccccc3)c2C)n1. The summed E-state index contributed by atoms with van der Waals surface area (Å²) in [6.07, 6.45) is 1.32. The van der Waals surface area contributed by atoms with E-state index in [-0.39, 0.29) is 11.9 Å². The van der Waals surface area contributed by atoms with Gasteiger partial charge in [-0.15, -0.1) is 0 Å². The molecule has 2 atom stereocenters. The molecule has 1 saturated carbocycles. The summed E-state index contributed by atoms with van der Waals surface area (Å²) in [5.74, 6) is 1.02. The Labute approximate surface area is 165 Å². The lowest BCUT2D eigenvalue weighted by molar-refractivity contribution is -0.120. The highest BCUT2D eigenvalue weighted by molar-refractivity contribution is 5.80. The molecule has 1 amide bonds. The lowest BCUT2D eigenvalue weighted by atomic mass is 10.1. The maximum Gasteiger partial charge on any atom is 0.251 e. The molecule has 1 fully saturated rings. The molecule has 6 heteroatoms. The number of amides is 1. The lowest BCUT2D eigenvalue weighted by Crippen LogP contribution is -2.28. The third kappa shape index (κ3) is 3.67. The Morgan fingerprint density at radius 3 is 2.46 bits per heavy atom. The van der Waals surface area contributed by atoms with Crippen LogP contribution in [0.2, 0.25) is 0 Å². The maximum atomic E-state index is 12.6. The minimum absolute atomic E-state index is 0.0375. The van der Waals surface area contributed by atoms with Crippen molar-refractivity contribution in [2.45, 2.75) is 52.5 Å². The first-order chi connectivity index (χ1) is 13.4. The highest BCUT2D eigenvalue weighted by atomic mass is 16.1. The zero-order valence-electron chi connectivity index (χ0n) is 16.7. The van der Waals surface area contributed by atoms with Gasteiger partial charge in [-0.1, -0.05) is 30.3 Å². The number of nitrogens with one attached hydrogen (secondary N) is 1. The molecule has 3 aromatic rings. The van der Waals surface area contributed by atoms with Gasteiger partial charge in [-0.05, 0) is 45.7 Å². The predicted molar refractivity (Wildman–Crippen MR) is 108 cm³/mol. The van der Waals surface area contributed by atoms with Crippen LogP contribution in [-0.2, 0) is 11.2 Å². The second-order valence-electron chi connectivity index (χ2n) is 7.62. The first kappa shape index (κ1) is 18.3. The molecule has 144 valence electrons. The molecule has 0 spiro atoms. The average molecular weight is 375 g/mol. The van der Waals surface area contributed by atoms with Crippen molar-refractivity contribution in [2.24, 2.45) is 0 Å². The van der Waals surface area contributed by atoms with E-state index < -0.39 is 0 Å². The molecule has 0 radical (unpaired) electrons. The van der Waals surface area contributed by atoms with Crippen molar-refractivity contribution in [3.05, 3.63) is 70.3 Å². The summed E-state index contributed by atoms with van der Waals surface area (Å²) in [5.41, 5.74) is 5.78. The highest BCUT2D eigenvalue weighted by Crippen LogP contribution is 2.40. The van der Waals surface area contributed by atoms with Crippen LogP contribution in [-0.4, -0.2) is 31.7 Å². The standard InChI is InChI=1S/C22H25N5O/c1-13-10-14(2)24-22(23-13)27-16(4)18(15(3)26-27)12-21(28)25-20-11-19(20)17-8-6-5-7-9-17/h5-10,19-20H,11-12H2,1-4H3,(H,25,28)/t19-,20+/m1/s1. The summed E-state index contributed by atoms with van der Waals surface area (Å²) in [7, 11) is 0. The van der Waals surface area contributed by atoms with Crippen LogP contribution in [0.1, 0.15) is 46.2 Å². The average Bonchev–Trinajstić information content (AvgIpc) is 3.36. The number of carbonyl (C=O) groups is 1. The monoisotopic (exact) mass is 375 g/mol. The van der Waals surface area contributed by atoms with Crippen molar-refractivity contribution >= 4 is 5.91 Å². The summed E-state index contributed by atoms with van der Waals surface area (Å²) in [5, 5.41) is 7.75. The molecule has 1 aromatic carbocycles. The molecule has 0 aliphatic heterocycles. The van der Waals surface area contributed by atoms with E-state index in [2.05, 4.69) is 32.5 Å². The van der Waals surface area contributed by atoms with Crippen molar-refractivity contribution < 1.29 is 4.79 Å². The van der Waals surface area contributed by atoms with E-state index in [1.807, 2.05) is 52.0 Å². The Bertz CT molecular complexity index is 1000. The Morgan fingerprint density at radius 2 is 1.79 bits per heavy atom. The van der Waals surface area contributed by atoms with E-state index in [1.165, 1.54) is 5.56 Å². The first-order valence-corrected chi connectivity index (χ1v) is 9.64. The van der Waals surface area contributed by atoms with Crippen LogP contribution >= 0.6 is 0 Å². The van der Waals surface area contributed by atoms with Crippen LogP contribution in [0.4, 0.5) is 0 Å². The van der Waals surface area contributed by atoms with Crippen LogP contribution in [0.5, 0.6) is 0 Å². The zero-order chi connectivity index (χ0) is 19.8. The maximum absolute atomic E-state index is 12.6. The van der Waals surface area contributed by atoms with Gasteiger partial charge in [0.05, 0.1) is 12.1 Å². The number of aryl methyl sites for hydroxylation is 3. The number of benzene rings is 1. The van der Waals surface area contributed by atoms with Gasteiger partial charge in [0.2, 0.25) is 5.91 Å². The largest absolute Gasteiger partial charge is 0.352 e.